The first-order chi connectivity index (χ1) is 12.7. The molecule has 2 rings (SSSR count). The highest BCUT2D eigenvalue weighted by Crippen LogP contribution is 2.29. The van der Waals surface area contributed by atoms with Gasteiger partial charge in [-0.1, -0.05) is 25.0 Å². The van der Waals surface area contributed by atoms with E-state index in [1.165, 1.54) is 0 Å². The average molecular weight is 373 g/mol. The van der Waals surface area contributed by atoms with E-state index in [1.807, 2.05) is 32.3 Å². The molecule has 1 heterocycles. The number of pyridine rings is 1. The molecular weight excluding hydrogens is 342 g/mol. The molecule has 0 spiro atoms. The summed E-state index contributed by atoms with van der Waals surface area (Å²) in [4.78, 5) is 40.2. The summed E-state index contributed by atoms with van der Waals surface area (Å²) in [5, 5.41) is 2.77. The maximum absolute atomic E-state index is 13.0. The van der Waals surface area contributed by atoms with Crippen LogP contribution in [0.3, 0.4) is 0 Å². The number of nitrogens with one attached hydrogen (secondary N) is 1. The van der Waals surface area contributed by atoms with Crippen molar-refractivity contribution in [3.8, 4) is 0 Å². The molecule has 1 fully saturated rings. The molecule has 2 amide bonds. The van der Waals surface area contributed by atoms with Crippen molar-refractivity contribution < 1.29 is 9.59 Å². The number of likely N-dealkylation sites (N-methyl/N-ethyl adjacent to an activating group) is 1. The molecule has 6 heteroatoms. The SMILES string of the molecule is C=C(C)CN(CC)C(=O)c1cn(C2CCCC2)cc(C(=O)NC(C)C)c1=O. The number of nitrogens with zero attached hydrogens (tertiary/aromatic N) is 2. The van der Waals surface area contributed by atoms with E-state index in [0.29, 0.717) is 13.1 Å². The van der Waals surface area contributed by atoms with E-state index in [9.17, 15) is 14.4 Å². The van der Waals surface area contributed by atoms with Gasteiger partial charge in [0.05, 0.1) is 0 Å². The first kappa shape index (κ1) is 20.9. The minimum Gasteiger partial charge on any atom is -0.350 e. The lowest BCUT2D eigenvalue weighted by molar-refractivity contribution is 0.0776. The average Bonchev–Trinajstić information content (AvgIpc) is 3.13. The van der Waals surface area contributed by atoms with E-state index in [1.54, 1.807) is 17.3 Å². The minimum atomic E-state index is -0.507. The summed E-state index contributed by atoms with van der Waals surface area (Å²) in [7, 11) is 0. The number of carbonyl (C=O) groups excluding carboxylic acids is 2. The molecule has 0 aliphatic heterocycles. The molecule has 1 N–H and O–H groups in total. The third-order valence-electron chi connectivity index (χ3n) is 4.82. The van der Waals surface area contributed by atoms with Gasteiger partial charge in [-0.15, -0.1) is 0 Å². The van der Waals surface area contributed by atoms with Crippen LogP contribution in [0.5, 0.6) is 0 Å². The quantitative estimate of drug-likeness (QED) is 0.747. The maximum atomic E-state index is 13.0. The zero-order valence-electron chi connectivity index (χ0n) is 16.9. The first-order valence-corrected chi connectivity index (χ1v) is 9.74. The van der Waals surface area contributed by atoms with Gasteiger partial charge in [0.15, 0.2) is 0 Å². The second-order valence-corrected chi connectivity index (χ2v) is 7.70. The molecule has 0 atom stereocenters. The molecule has 6 nitrogen and oxygen atoms in total. The maximum Gasteiger partial charge on any atom is 0.259 e. The number of hydrogen-bond acceptors (Lipinski definition) is 3. The monoisotopic (exact) mass is 373 g/mol. The highest BCUT2D eigenvalue weighted by Gasteiger charge is 2.25. The molecule has 1 aliphatic carbocycles. The Hall–Kier alpha value is -2.37. The normalized spacial score (nSPS) is 14.4. The number of hydrogen-bond donors (Lipinski definition) is 1. The highest BCUT2D eigenvalue weighted by atomic mass is 16.2. The van der Waals surface area contributed by atoms with Gasteiger partial charge >= 0.3 is 0 Å². The van der Waals surface area contributed by atoms with Crippen molar-refractivity contribution in [2.24, 2.45) is 0 Å². The van der Waals surface area contributed by atoms with Crippen molar-refractivity contribution >= 4 is 11.8 Å². The molecule has 148 valence electrons. The van der Waals surface area contributed by atoms with E-state index in [4.69, 9.17) is 0 Å². The van der Waals surface area contributed by atoms with Crippen LogP contribution in [0.2, 0.25) is 0 Å². The molecule has 1 saturated carbocycles. The van der Waals surface area contributed by atoms with E-state index >= 15 is 0 Å². The van der Waals surface area contributed by atoms with Crippen molar-refractivity contribution in [2.75, 3.05) is 13.1 Å². The van der Waals surface area contributed by atoms with Gasteiger partial charge < -0.3 is 14.8 Å². The van der Waals surface area contributed by atoms with Gasteiger partial charge in [-0.05, 0) is 40.5 Å². The Morgan fingerprint density at radius 2 is 1.85 bits per heavy atom. The molecule has 0 saturated heterocycles. The Kier molecular flexibility index (Phi) is 6.99. The van der Waals surface area contributed by atoms with E-state index < -0.39 is 11.3 Å². The highest BCUT2D eigenvalue weighted by molar-refractivity contribution is 5.99. The van der Waals surface area contributed by atoms with Crippen molar-refractivity contribution in [2.45, 2.75) is 65.5 Å². The molecule has 1 aromatic heterocycles. The summed E-state index contributed by atoms with van der Waals surface area (Å²) < 4.78 is 1.89. The smallest absolute Gasteiger partial charge is 0.259 e. The second-order valence-electron chi connectivity index (χ2n) is 7.70. The van der Waals surface area contributed by atoms with Crippen LogP contribution in [0, 0.1) is 0 Å². The fourth-order valence-corrected chi connectivity index (χ4v) is 3.49. The molecule has 27 heavy (non-hydrogen) atoms. The zero-order valence-corrected chi connectivity index (χ0v) is 16.9. The van der Waals surface area contributed by atoms with Crippen molar-refractivity contribution in [1.29, 1.82) is 0 Å². The lowest BCUT2D eigenvalue weighted by atomic mass is 10.1. The van der Waals surface area contributed by atoms with Crippen molar-refractivity contribution in [3.05, 3.63) is 45.9 Å². The summed E-state index contributed by atoms with van der Waals surface area (Å²) in [5.41, 5.74) is 0.428. The Morgan fingerprint density at radius 1 is 1.26 bits per heavy atom. The fraction of sp³-hybridized carbons (Fsp3) is 0.571. The minimum absolute atomic E-state index is 0.0350. The Labute approximate surface area is 161 Å². The predicted molar refractivity (Wildman–Crippen MR) is 107 cm³/mol. The van der Waals surface area contributed by atoms with Gasteiger partial charge in [0.2, 0.25) is 5.43 Å². The van der Waals surface area contributed by atoms with Crippen LogP contribution in [0.15, 0.2) is 29.3 Å². The largest absolute Gasteiger partial charge is 0.350 e. The van der Waals surface area contributed by atoms with Crippen LogP contribution < -0.4 is 10.7 Å². The van der Waals surface area contributed by atoms with E-state index in [-0.39, 0.29) is 29.1 Å². The van der Waals surface area contributed by atoms with E-state index in [2.05, 4.69) is 11.9 Å². The molecule has 1 aromatic rings. The lowest BCUT2D eigenvalue weighted by Gasteiger charge is -2.23. The summed E-state index contributed by atoms with van der Waals surface area (Å²) in [6, 6.07) is 0.130. The van der Waals surface area contributed by atoms with Gasteiger partial charge in [0, 0.05) is 37.6 Å². The van der Waals surface area contributed by atoms with Gasteiger partial charge in [0.25, 0.3) is 11.8 Å². The lowest BCUT2D eigenvalue weighted by Crippen LogP contribution is -2.39. The third kappa shape index (κ3) is 5.08. The first-order valence-electron chi connectivity index (χ1n) is 9.74. The Balaban J connectivity index is 2.52. The molecule has 0 bridgehead atoms. The Morgan fingerprint density at radius 3 is 2.37 bits per heavy atom. The molecule has 1 aliphatic rings. The van der Waals surface area contributed by atoms with Gasteiger partial charge in [-0.3, -0.25) is 14.4 Å². The van der Waals surface area contributed by atoms with Crippen LogP contribution in [-0.4, -0.2) is 40.4 Å². The molecule has 0 aromatic carbocycles. The molecule has 0 radical (unpaired) electrons. The van der Waals surface area contributed by atoms with Gasteiger partial charge in [0.1, 0.15) is 11.1 Å². The fourth-order valence-electron chi connectivity index (χ4n) is 3.49. The summed E-state index contributed by atoms with van der Waals surface area (Å²) in [6.07, 6.45) is 7.46. The van der Waals surface area contributed by atoms with Crippen molar-refractivity contribution in [1.82, 2.24) is 14.8 Å². The second kappa shape index (κ2) is 9.02. The number of amides is 2. The van der Waals surface area contributed by atoms with Crippen molar-refractivity contribution in [3.63, 3.8) is 0 Å². The van der Waals surface area contributed by atoms with Crippen LogP contribution in [0.4, 0.5) is 0 Å². The number of carbonyl (C=O) groups is 2. The Bertz CT molecular complexity index is 773. The van der Waals surface area contributed by atoms with Gasteiger partial charge in [-0.2, -0.15) is 0 Å². The molecule has 0 unspecified atom stereocenters. The van der Waals surface area contributed by atoms with Crippen LogP contribution in [-0.2, 0) is 0 Å². The molecular formula is C21H31N3O3. The van der Waals surface area contributed by atoms with Crippen LogP contribution >= 0.6 is 0 Å². The number of aromatic nitrogens is 1. The summed E-state index contributed by atoms with van der Waals surface area (Å²) in [5.74, 6) is -0.782. The van der Waals surface area contributed by atoms with E-state index in [0.717, 1.165) is 31.3 Å². The number of rotatable bonds is 7. The predicted octanol–water partition coefficient (Wildman–Crippen LogP) is 3.14. The van der Waals surface area contributed by atoms with Crippen LogP contribution in [0.25, 0.3) is 0 Å². The topological polar surface area (TPSA) is 71.4 Å². The van der Waals surface area contributed by atoms with Crippen LogP contribution in [0.1, 0.15) is 80.1 Å². The third-order valence-corrected chi connectivity index (χ3v) is 4.82. The van der Waals surface area contributed by atoms with Gasteiger partial charge in [-0.25, -0.2) is 0 Å². The summed E-state index contributed by atoms with van der Waals surface area (Å²) in [6.45, 7) is 12.1. The standard InChI is InChI=1S/C21H31N3O3/c1-6-23(11-14(2)3)21(27)18-13-24(16-9-7-8-10-16)12-17(19(18)25)20(26)22-15(4)5/h12-13,15-16H,2,6-11H2,1,3-5H3,(H,22,26). The summed E-state index contributed by atoms with van der Waals surface area (Å²) >= 11 is 0. The zero-order chi connectivity index (χ0) is 20.1.